The molecule has 0 atom stereocenters. The van der Waals surface area contributed by atoms with Crippen LogP contribution >= 0.6 is 0 Å². The van der Waals surface area contributed by atoms with Crippen molar-refractivity contribution in [2.45, 2.75) is 0 Å². The number of hydrogen-bond donors (Lipinski definition) is 3. The second kappa shape index (κ2) is 5.93. The van der Waals surface area contributed by atoms with Crippen molar-refractivity contribution in [1.29, 1.82) is 0 Å². The van der Waals surface area contributed by atoms with Crippen molar-refractivity contribution in [2.24, 2.45) is 0 Å². The van der Waals surface area contributed by atoms with Crippen LogP contribution in [0.15, 0.2) is 17.1 Å². The van der Waals surface area contributed by atoms with E-state index in [1.165, 1.54) is 0 Å². The quantitative estimate of drug-likeness (QED) is 0.351. The van der Waals surface area contributed by atoms with Crippen molar-refractivity contribution in [3.8, 4) is 5.82 Å². The highest BCUT2D eigenvalue weighted by molar-refractivity contribution is 5.98. The molecule has 2 aromatic heterocycles. The summed E-state index contributed by atoms with van der Waals surface area (Å²) in [4.78, 5) is 26.9. The fourth-order valence-electron chi connectivity index (χ4n) is 2.47. The molecule has 140 valence electrons. The predicted molar refractivity (Wildman–Crippen MR) is 82.9 cm³/mol. The van der Waals surface area contributed by atoms with Crippen LogP contribution in [0.3, 0.4) is 0 Å². The molecule has 0 spiro atoms. The third-order valence-corrected chi connectivity index (χ3v) is 3.70. The van der Waals surface area contributed by atoms with E-state index in [9.17, 15) is 31.5 Å². The Labute approximate surface area is 145 Å². The lowest BCUT2D eigenvalue weighted by Crippen LogP contribution is -2.22. The van der Waals surface area contributed by atoms with Crippen molar-refractivity contribution >= 4 is 28.4 Å². The molecule has 7 nitrogen and oxygen atoms in total. The van der Waals surface area contributed by atoms with E-state index in [4.69, 9.17) is 16.6 Å². The Balaban J connectivity index is 2.65. The van der Waals surface area contributed by atoms with Crippen molar-refractivity contribution in [2.75, 3.05) is 11.5 Å². The SMILES string of the molecule is Nc1nc(-n2cc(C(=O)O)c(=O)c3c(N)c(F)c(F)c(F)c32)c(F)cc1F. The number of pyridine rings is 2. The maximum atomic E-state index is 14.4. The summed E-state index contributed by atoms with van der Waals surface area (Å²) in [6, 6.07) is 0.253. The molecule has 0 unspecified atom stereocenters. The molecular weight excluding hydrogens is 379 g/mol. The number of carboxylic acids is 1. The van der Waals surface area contributed by atoms with E-state index < -0.39 is 74.3 Å². The van der Waals surface area contributed by atoms with Gasteiger partial charge in [-0.1, -0.05) is 0 Å². The average molecular weight is 386 g/mol. The third kappa shape index (κ3) is 2.53. The molecule has 1 aromatic carbocycles. The van der Waals surface area contributed by atoms with Gasteiger partial charge in [-0.2, -0.15) is 0 Å². The normalized spacial score (nSPS) is 11.1. The molecule has 0 amide bonds. The fourth-order valence-corrected chi connectivity index (χ4v) is 2.47. The van der Waals surface area contributed by atoms with E-state index in [1.54, 1.807) is 0 Å². The highest BCUT2D eigenvalue weighted by Crippen LogP contribution is 2.30. The molecule has 2 heterocycles. The lowest BCUT2D eigenvalue weighted by Gasteiger charge is -2.15. The second-order valence-electron chi connectivity index (χ2n) is 5.29. The number of rotatable bonds is 2. The Kier molecular flexibility index (Phi) is 3.98. The summed E-state index contributed by atoms with van der Waals surface area (Å²) in [5.41, 5.74) is 5.72. The zero-order valence-corrected chi connectivity index (χ0v) is 12.9. The summed E-state index contributed by atoms with van der Waals surface area (Å²) < 4.78 is 69.7. The Bertz CT molecular complexity index is 1210. The van der Waals surface area contributed by atoms with Gasteiger partial charge in [0.1, 0.15) is 5.56 Å². The number of hydrogen-bond acceptors (Lipinski definition) is 5. The summed E-state index contributed by atoms with van der Waals surface area (Å²) in [6.45, 7) is 0. The molecule has 12 heteroatoms. The number of nitrogens with two attached hydrogens (primary N) is 2. The van der Waals surface area contributed by atoms with Crippen LogP contribution in [0.5, 0.6) is 0 Å². The topological polar surface area (TPSA) is 124 Å². The highest BCUT2D eigenvalue weighted by atomic mass is 19.2. The average Bonchev–Trinajstić information content (AvgIpc) is 2.60. The van der Waals surface area contributed by atoms with Crippen LogP contribution in [0.4, 0.5) is 33.5 Å². The zero-order chi connectivity index (χ0) is 20.2. The number of aromatic carboxylic acids is 1. The first-order valence-electron chi connectivity index (χ1n) is 6.92. The summed E-state index contributed by atoms with van der Waals surface area (Å²) in [6.07, 6.45) is 0.412. The minimum atomic E-state index is -2.09. The number of halogens is 5. The number of aromatic nitrogens is 2. The Hall–Kier alpha value is -3.70. The van der Waals surface area contributed by atoms with Gasteiger partial charge in [-0.25, -0.2) is 31.7 Å². The summed E-state index contributed by atoms with van der Waals surface area (Å²) >= 11 is 0. The lowest BCUT2D eigenvalue weighted by atomic mass is 10.1. The number of nitrogen functional groups attached to an aromatic ring is 2. The minimum Gasteiger partial charge on any atom is -0.477 e. The number of anilines is 2. The van der Waals surface area contributed by atoms with E-state index in [-0.39, 0.29) is 6.07 Å². The number of benzene rings is 1. The minimum absolute atomic E-state index is 0.253. The Morgan fingerprint density at radius 1 is 1.04 bits per heavy atom. The molecular formula is C15H7F5N4O3. The molecule has 0 aliphatic rings. The molecule has 3 rings (SSSR count). The molecule has 3 aromatic rings. The molecule has 5 N–H and O–H groups in total. The summed E-state index contributed by atoms with van der Waals surface area (Å²) in [5, 5.41) is 8.07. The van der Waals surface area contributed by atoms with E-state index in [0.717, 1.165) is 0 Å². The van der Waals surface area contributed by atoms with Crippen LogP contribution < -0.4 is 16.9 Å². The number of fused-ring (bicyclic) bond motifs is 1. The van der Waals surface area contributed by atoms with Crippen LogP contribution in [0.25, 0.3) is 16.7 Å². The highest BCUT2D eigenvalue weighted by Gasteiger charge is 2.27. The number of carboxylic acid groups (broad SMARTS) is 1. The van der Waals surface area contributed by atoms with Gasteiger partial charge in [-0.05, 0) is 0 Å². The van der Waals surface area contributed by atoms with Gasteiger partial charge in [-0.3, -0.25) is 9.36 Å². The third-order valence-electron chi connectivity index (χ3n) is 3.70. The molecule has 0 fully saturated rings. The molecule has 0 aliphatic heterocycles. The van der Waals surface area contributed by atoms with Gasteiger partial charge >= 0.3 is 5.97 Å². The van der Waals surface area contributed by atoms with E-state index in [1.807, 2.05) is 0 Å². The van der Waals surface area contributed by atoms with Gasteiger partial charge in [0.2, 0.25) is 5.43 Å². The van der Waals surface area contributed by atoms with Crippen molar-refractivity contribution in [1.82, 2.24) is 9.55 Å². The molecule has 0 saturated heterocycles. The van der Waals surface area contributed by atoms with Gasteiger partial charge < -0.3 is 16.6 Å². The largest absolute Gasteiger partial charge is 0.477 e. The smallest absolute Gasteiger partial charge is 0.341 e. The number of carbonyl (C=O) groups is 1. The predicted octanol–water partition coefficient (Wildman–Crippen LogP) is 1.94. The first-order valence-corrected chi connectivity index (χ1v) is 6.92. The van der Waals surface area contributed by atoms with Crippen molar-refractivity contribution in [3.05, 3.63) is 57.1 Å². The molecule has 0 radical (unpaired) electrons. The molecule has 0 saturated carbocycles. The first kappa shape index (κ1) is 18.1. The van der Waals surface area contributed by atoms with E-state index in [0.29, 0.717) is 10.8 Å². The van der Waals surface area contributed by atoms with Gasteiger partial charge in [0.05, 0.1) is 16.6 Å². The zero-order valence-electron chi connectivity index (χ0n) is 12.9. The second-order valence-corrected chi connectivity index (χ2v) is 5.29. The summed E-state index contributed by atoms with van der Waals surface area (Å²) in [5.74, 6) is -12.4. The van der Waals surface area contributed by atoms with Crippen LogP contribution in [-0.4, -0.2) is 20.6 Å². The van der Waals surface area contributed by atoms with Gasteiger partial charge in [0.25, 0.3) is 0 Å². The Morgan fingerprint density at radius 3 is 2.26 bits per heavy atom. The standard InChI is InChI=1S/C15H7F5N4O3/c16-4-1-5(17)14(23-13(4)22)24-2-3(15(26)27)12(25)6-10(21)8(19)7(18)9(20)11(6)24/h1-2H,21H2,(H2,22,23)(H,26,27). The Morgan fingerprint density at radius 2 is 1.67 bits per heavy atom. The van der Waals surface area contributed by atoms with Crippen molar-refractivity contribution < 1.29 is 31.9 Å². The van der Waals surface area contributed by atoms with Crippen LogP contribution in [-0.2, 0) is 0 Å². The first-order chi connectivity index (χ1) is 12.6. The van der Waals surface area contributed by atoms with Gasteiger partial charge in [-0.15, -0.1) is 0 Å². The molecule has 27 heavy (non-hydrogen) atoms. The molecule has 0 bridgehead atoms. The van der Waals surface area contributed by atoms with Crippen LogP contribution in [0.1, 0.15) is 10.4 Å². The van der Waals surface area contributed by atoms with Crippen LogP contribution in [0, 0.1) is 29.1 Å². The van der Waals surface area contributed by atoms with Crippen LogP contribution in [0.2, 0.25) is 0 Å². The fraction of sp³-hybridized carbons (Fsp3) is 0. The van der Waals surface area contributed by atoms with E-state index >= 15 is 0 Å². The van der Waals surface area contributed by atoms with Gasteiger partial charge in [0.15, 0.2) is 40.7 Å². The summed E-state index contributed by atoms with van der Waals surface area (Å²) in [7, 11) is 0. The monoisotopic (exact) mass is 386 g/mol. The lowest BCUT2D eigenvalue weighted by molar-refractivity contribution is 0.0695. The van der Waals surface area contributed by atoms with Crippen molar-refractivity contribution in [3.63, 3.8) is 0 Å². The number of nitrogens with zero attached hydrogens (tertiary/aromatic N) is 2. The maximum absolute atomic E-state index is 14.4. The van der Waals surface area contributed by atoms with E-state index in [2.05, 4.69) is 4.98 Å². The maximum Gasteiger partial charge on any atom is 0.341 e. The molecule has 0 aliphatic carbocycles. The van der Waals surface area contributed by atoms with Gasteiger partial charge in [0, 0.05) is 12.3 Å².